The predicted molar refractivity (Wildman–Crippen MR) is 60.9 cm³/mol. The first-order valence-corrected chi connectivity index (χ1v) is 5.40. The van der Waals surface area contributed by atoms with Gasteiger partial charge in [0.05, 0.1) is 6.04 Å². The molecule has 0 radical (unpaired) electrons. The van der Waals surface area contributed by atoms with Crippen LogP contribution in [0.15, 0.2) is 24.3 Å². The maximum absolute atomic E-state index is 11.3. The molecule has 1 aliphatic rings. The molecule has 0 saturated heterocycles. The van der Waals surface area contributed by atoms with E-state index in [1.807, 2.05) is 19.1 Å². The van der Waals surface area contributed by atoms with E-state index in [0.717, 1.165) is 13.0 Å². The fourth-order valence-corrected chi connectivity index (χ4v) is 1.87. The monoisotopic (exact) mass is 204 g/mol. The minimum absolute atomic E-state index is 0.126. The molecule has 80 valence electrons. The molecule has 0 aliphatic carbocycles. The zero-order valence-electron chi connectivity index (χ0n) is 8.92. The van der Waals surface area contributed by atoms with Gasteiger partial charge >= 0.3 is 0 Å². The van der Waals surface area contributed by atoms with E-state index in [1.54, 1.807) is 0 Å². The third-order valence-electron chi connectivity index (χ3n) is 2.71. The van der Waals surface area contributed by atoms with Crippen molar-refractivity contribution >= 4 is 11.6 Å². The highest BCUT2D eigenvalue weighted by atomic mass is 16.1. The average molecular weight is 204 g/mol. The molecule has 2 N–H and O–H groups in total. The Labute approximate surface area is 89.9 Å². The number of hydrogen-bond donors (Lipinski definition) is 2. The van der Waals surface area contributed by atoms with Gasteiger partial charge in [-0.15, -0.1) is 0 Å². The van der Waals surface area contributed by atoms with E-state index in [-0.39, 0.29) is 11.9 Å². The Morgan fingerprint density at radius 3 is 3.13 bits per heavy atom. The summed E-state index contributed by atoms with van der Waals surface area (Å²) in [6.45, 7) is 2.70. The molecule has 2 rings (SSSR count). The van der Waals surface area contributed by atoms with E-state index in [0.29, 0.717) is 6.42 Å². The standard InChI is InChI=1S/C12H16N2O/c1-2-12(15)14-10-7-9-5-3-4-6-11(9)13-8-10/h3-6,10,13H,2,7-8H2,1H3,(H,14,15)/t10-/m1/s1. The molecule has 0 bridgehead atoms. The van der Waals surface area contributed by atoms with E-state index in [4.69, 9.17) is 0 Å². The van der Waals surface area contributed by atoms with Crippen molar-refractivity contribution in [3.05, 3.63) is 29.8 Å². The van der Waals surface area contributed by atoms with Crippen molar-refractivity contribution in [1.29, 1.82) is 0 Å². The van der Waals surface area contributed by atoms with Gasteiger partial charge in [-0.25, -0.2) is 0 Å². The average Bonchev–Trinajstić information content (AvgIpc) is 2.29. The molecule has 15 heavy (non-hydrogen) atoms. The second kappa shape index (κ2) is 4.34. The van der Waals surface area contributed by atoms with Gasteiger partial charge in [-0.05, 0) is 18.1 Å². The maximum atomic E-state index is 11.3. The molecule has 0 spiro atoms. The van der Waals surface area contributed by atoms with Gasteiger partial charge in [0.1, 0.15) is 0 Å². The van der Waals surface area contributed by atoms with E-state index in [1.165, 1.54) is 11.3 Å². The van der Waals surface area contributed by atoms with Crippen molar-refractivity contribution in [2.24, 2.45) is 0 Å². The lowest BCUT2D eigenvalue weighted by Crippen LogP contribution is -2.43. The Balaban J connectivity index is 2.02. The zero-order valence-corrected chi connectivity index (χ0v) is 8.92. The number of nitrogens with one attached hydrogen (secondary N) is 2. The number of para-hydroxylation sites is 1. The third kappa shape index (κ3) is 2.29. The molecule has 0 fully saturated rings. The SMILES string of the molecule is CCC(=O)N[C@H]1CNc2ccccc2C1. The summed E-state index contributed by atoms with van der Waals surface area (Å²) in [6, 6.07) is 8.47. The summed E-state index contributed by atoms with van der Waals surface area (Å²) in [4.78, 5) is 11.3. The fourth-order valence-electron chi connectivity index (χ4n) is 1.87. The summed E-state index contributed by atoms with van der Waals surface area (Å²) >= 11 is 0. The summed E-state index contributed by atoms with van der Waals surface area (Å²) in [7, 11) is 0. The van der Waals surface area contributed by atoms with E-state index in [9.17, 15) is 4.79 Å². The van der Waals surface area contributed by atoms with Crippen LogP contribution < -0.4 is 10.6 Å². The largest absolute Gasteiger partial charge is 0.383 e. The minimum Gasteiger partial charge on any atom is -0.383 e. The summed E-state index contributed by atoms with van der Waals surface area (Å²) in [5, 5.41) is 6.34. The van der Waals surface area contributed by atoms with Crippen LogP contribution in [-0.2, 0) is 11.2 Å². The van der Waals surface area contributed by atoms with Gasteiger partial charge < -0.3 is 10.6 Å². The quantitative estimate of drug-likeness (QED) is 0.767. The van der Waals surface area contributed by atoms with E-state index in [2.05, 4.69) is 22.8 Å². The van der Waals surface area contributed by atoms with Crippen LogP contribution in [0, 0.1) is 0 Å². The smallest absolute Gasteiger partial charge is 0.220 e. The number of amides is 1. The van der Waals surface area contributed by atoms with Crippen LogP contribution in [0.3, 0.4) is 0 Å². The molecule has 1 atom stereocenters. The van der Waals surface area contributed by atoms with Crippen molar-refractivity contribution in [3.63, 3.8) is 0 Å². The van der Waals surface area contributed by atoms with Gasteiger partial charge in [0, 0.05) is 18.7 Å². The number of carbonyl (C=O) groups is 1. The normalized spacial score (nSPS) is 18.9. The number of rotatable bonds is 2. The number of benzene rings is 1. The molecule has 1 aromatic carbocycles. The molecule has 0 aromatic heterocycles. The third-order valence-corrected chi connectivity index (χ3v) is 2.71. The van der Waals surface area contributed by atoms with Crippen molar-refractivity contribution < 1.29 is 4.79 Å². The van der Waals surface area contributed by atoms with Crippen LogP contribution in [0.25, 0.3) is 0 Å². The van der Waals surface area contributed by atoms with E-state index >= 15 is 0 Å². The molecule has 1 aliphatic heterocycles. The molecule has 0 unspecified atom stereocenters. The lowest BCUT2D eigenvalue weighted by molar-refractivity contribution is -0.121. The van der Waals surface area contributed by atoms with Crippen molar-refractivity contribution in [2.75, 3.05) is 11.9 Å². The predicted octanol–water partition coefficient (Wildman–Crippen LogP) is 1.55. The number of anilines is 1. The Bertz CT molecular complexity index is 362. The Hall–Kier alpha value is -1.51. The maximum Gasteiger partial charge on any atom is 0.220 e. The Morgan fingerprint density at radius 2 is 2.33 bits per heavy atom. The summed E-state index contributed by atoms with van der Waals surface area (Å²) < 4.78 is 0. The molecular weight excluding hydrogens is 188 g/mol. The molecule has 3 heteroatoms. The first-order valence-electron chi connectivity index (χ1n) is 5.40. The van der Waals surface area contributed by atoms with Crippen LogP contribution in [0.2, 0.25) is 0 Å². The number of carbonyl (C=O) groups excluding carboxylic acids is 1. The lowest BCUT2D eigenvalue weighted by Gasteiger charge is -2.26. The van der Waals surface area contributed by atoms with Gasteiger partial charge in [-0.1, -0.05) is 25.1 Å². The topological polar surface area (TPSA) is 41.1 Å². The summed E-state index contributed by atoms with van der Waals surface area (Å²) in [5.74, 6) is 0.126. The molecule has 1 aromatic rings. The zero-order chi connectivity index (χ0) is 10.7. The highest BCUT2D eigenvalue weighted by Crippen LogP contribution is 2.20. The first-order chi connectivity index (χ1) is 7.29. The number of fused-ring (bicyclic) bond motifs is 1. The van der Waals surface area contributed by atoms with Crippen molar-refractivity contribution in [3.8, 4) is 0 Å². The highest BCUT2D eigenvalue weighted by molar-refractivity contribution is 5.76. The molecule has 1 heterocycles. The molecule has 0 saturated carbocycles. The van der Waals surface area contributed by atoms with Gasteiger partial charge in [-0.2, -0.15) is 0 Å². The van der Waals surface area contributed by atoms with Crippen LogP contribution in [0.4, 0.5) is 5.69 Å². The second-order valence-electron chi connectivity index (χ2n) is 3.86. The molecule has 1 amide bonds. The number of hydrogen-bond acceptors (Lipinski definition) is 2. The minimum atomic E-state index is 0.126. The van der Waals surface area contributed by atoms with Gasteiger partial charge in [0.15, 0.2) is 0 Å². The van der Waals surface area contributed by atoms with Gasteiger partial charge in [0.2, 0.25) is 5.91 Å². The summed E-state index contributed by atoms with van der Waals surface area (Å²) in [5.41, 5.74) is 2.48. The molecular formula is C12H16N2O. The Kier molecular flexibility index (Phi) is 2.90. The van der Waals surface area contributed by atoms with Crippen LogP contribution in [0.1, 0.15) is 18.9 Å². The lowest BCUT2D eigenvalue weighted by atomic mass is 10.00. The second-order valence-corrected chi connectivity index (χ2v) is 3.86. The van der Waals surface area contributed by atoms with E-state index < -0.39 is 0 Å². The molecule has 3 nitrogen and oxygen atoms in total. The van der Waals surface area contributed by atoms with Gasteiger partial charge in [0.25, 0.3) is 0 Å². The van der Waals surface area contributed by atoms with Crippen LogP contribution in [-0.4, -0.2) is 18.5 Å². The first kappa shape index (κ1) is 10.0. The fraction of sp³-hybridized carbons (Fsp3) is 0.417. The van der Waals surface area contributed by atoms with Crippen molar-refractivity contribution in [2.45, 2.75) is 25.8 Å². The van der Waals surface area contributed by atoms with Gasteiger partial charge in [-0.3, -0.25) is 4.79 Å². The van der Waals surface area contributed by atoms with Crippen molar-refractivity contribution in [1.82, 2.24) is 5.32 Å². The highest BCUT2D eigenvalue weighted by Gasteiger charge is 2.18. The summed E-state index contributed by atoms with van der Waals surface area (Å²) in [6.07, 6.45) is 1.48. The van der Waals surface area contributed by atoms with Crippen LogP contribution >= 0.6 is 0 Å². The Morgan fingerprint density at radius 1 is 1.53 bits per heavy atom. The van der Waals surface area contributed by atoms with Crippen LogP contribution in [0.5, 0.6) is 0 Å².